The molecule has 0 fully saturated rings. The van der Waals surface area contributed by atoms with Crippen molar-refractivity contribution in [3.05, 3.63) is 33.2 Å². The third kappa shape index (κ3) is 2.61. The van der Waals surface area contributed by atoms with Crippen LogP contribution in [0, 0.1) is 6.92 Å². The lowest BCUT2D eigenvalue weighted by Gasteiger charge is -2.07. The molecule has 1 aromatic rings. The molecule has 0 amide bonds. The van der Waals surface area contributed by atoms with Crippen molar-refractivity contribution in [2.45, 2.75) is 19.8 Å². The molecule has 0 aliphatic heterocycles. The number of rotatable bonds is 3. The maximum Gasteiger partial charge on any atom is 0.308 e. The van der Waals surface area contributed by atoms with E-state index in [1.165, 1.54) is 6.92 Å². The molecule has 15 heavy (non-hydrogen) atoms. The third-order valence-electron chi connectivity index (χ3n) is 1.85. The van der Waals surface area contributed by atoms with Crippen molar-refractivity contribution in [3.8, 4) is 0 Å². The van der Waals surface area contributed by atoms with Gasteiger partial charge in [-0.25, -0.2) is 8.78 Å². The van der Waals surface area contributed by atoms with Gasteiger partial charge < -0.3 is 10.1 Å². The predicted octanol–water partition coefficient (Wildman–Crippen LogP) is 1.25. The van der Waals surface area contributed by atoms with Crippen molar-refractivity contribution in [1.29, 1.82) is 0 Å². The number of hydrogen-bond donors (Lipinski definition) is 2. The number of pyridine rings is 1. The van der Waals surface area contributed by atoms with E-state index in [-0.39, 0.29) is 11.3 Å². The number of aromatic nitrogens is 1. The zero-order valence-corrected chi connectivity index (χ0v) is 7.88. The van der Waals surface area contributed by atoms with E-state index in [9.17, 15) is 18.4 Å². The van der Waals surface area contributed by atoms with E-state index in [1.54, 1.807) is 0 Å². The van der Waals surface area contributed by atoms with E-state index in [0.29, 0.717) is 0 Å². The standard InChI is InChI=1S/C9H9F2NO3/c1-4-2-6(13)5(3-7(14)15)8(12-4)9(10)11/h2,9H,3H2,1H3,(H,12,13)(H,14,15). The summed E-state index contributed by atoms with van der Waals surface area (Å²) in [6.45, 7) is 1.46. The Morgan fingerprint density at radius 3 is 2.67 bits per heavy atom. The summed E-state index contributed by atoms with van der Waals surface area (Å²) in [5.41, 5.74) is -1.39. The molecule has 1 aromatic heterocycles. The molecule has 0 radical (unpaired) electrons. The highest BCUT2D eigenvalue weighted by molar-refractivity contribution is 5.70. The molecule has 82 valence electrons. The minimum absolute atomic E-state index is 0.282. The maximum atomic E-state index is 12.5. The van der Waals surface area contributed by atoms with Crippen molar-refractivity contribution in [2.24, 2.45) is 0 Å². The number of alkyl halides is 2. The molecule has 0 bridgehead atoms. The Labute approximate surface area is 83.6 Å². The average Bonchev–Trinajstić information content (AvgIpc) is 2.08. The second-order valence-electron chi connectivity index (χ2n) is 3.08. The number of aryl methyl sites for hydroxylation is 1. The lowest BCUT2D eigenvalue weighted by atomic mass is 10.1. The van der Waals surface area contributed by atoms with Crippen LogP contribution in [0.15, 0.2) is 10.9 Å². The summed E-state index contributed by atoms with van der Waals surface area (Å²) in [5, 5.41) is 8.47. The zero-order valence-electron chi connectivity index (χ0n) is 7.88. The number of carbonyl (C=O) groups is 1. The van der Waals surface area contributed by atoms with Crippen molar-refractivity contribution in [1.82, 2.24) is 4.98 Å². The van der Waals surface area contributed by atoms with Gasteiger partial charge in [0.25, 0.3) is 6.43 Å². The molecule has 0 aliphatic carbocycles. The normalized spacial score (nSPS) is 10.7. The molecule has 1 rings (SSSR count). The van der Waals surface area contributed by atoms with E-state index in [2.05, 4.69) is 4.98 Å². The quantitative estimate of drug-likeness (QED) is 0.800. The number of nitrogens with one attached hydrogen (secondary N) is 1. The fourth-order valence-electron chi connectivity index (χ4n) is 1.26. The fourth-order valence-corrected chi connectivity index (χ4v) is 1.26. The highest BCUT2D eigenvalue weighted by atomic mass is 19.3. The molecule has 4 nitrogen and oxygen atoms in total. The van der Waals surface area contributed by atoms with E-state index < -0.39 is 29.9 Å². The maximum absolute atomic E-state index is 12.5. The molecule has 0 unspecified atom stereocenters. The summed E-state index contributed by atoms with van der Waals surface area (Å²) in [7, 11) is 0. The lowest BCUT2D eigenvalue weighted by Crippen LogP contribution is -2.18. The van der Waals surface area contributed by atoms with Gasteiger partial charge in [-0.2, -0.15) is 0 Å². The summed E-state index contributed by atoms with van der Waals surface area (Å²) >= 11 is 0. The first-order chi connectivity index (χ1) is 6.91. The molecule has 6 heteroatoms. The second kappa shape index (κ2) is 4.20. The Hall–Kier alpha value is -1.72. The number of H-pyrrole nitrogens is 1. The van der Waals surface area contributed by atoms with Crippen LogP contribution in [0.5, 0.6) is 0 Å². The number of halogens is 2. The van der Waals surface area contributed by atoms with Gasteiger partial charge in [-0.05, 0) is 6.92 Å². The average molecular weight is 217 g/mol. The van der Waals surface area contributed by atoms with Crippen LogP contribution < -0.4 is 5.43 Å². The molecule has 0 aliphatic rings. The summed E-state index contributed by atoms with van der Waals surface area (Å²) < 4.78 is 24.9. The Morgan fingerprint density at radius 2 is 2.20 bits per heavy atom. The number of aromatic amines is 1. The lowest BCUT2D eigenvalue weighted by molar-refractivity contribution is -0.136. The molecular weight excluding hydrogens is 208 g/mol. The summed E-state index contributed by atoms with van der Waals surface area (Å²) in [6, 6.07) is 1.10. The molecule has 0 saturated heterocycles. The van der Waals surface area contributed by atoms with Crippen LogP contribution in [-0.2, 0) is 11.2 Å². The summed E-state index contributed by atoms with van der Waals surface area (Å²) in [4.78, 5) is 24.0. The van der Waals surface area contributed by atoms with E-state index in [4.69, 9.17) is 5.11 Å². The van der Waals surface area contributed by atoms with Gasteiger partial charge in [-0.15, -0.1) is 0 Å². The van der Waals surface area contributed by atoms with Crippen molar-refractivity contribution in [3.63, 3.8) is 0 Å². The van der Waals surface area contributed by atoms with Crippen molar-refractivity contribution < 1.29 is 18.7 Å². The van der Waals surface area contributed by atoms with E-state index in [1.807, 2.05) is 0 Å². The minimum atomic E-state index is -2.88. The Bertz CT molecular complexity index is 439. The topological polar surface area (TPSA) is 70.2 Å². The van der Waals surface area contributed by atoms with Crippen LogP contribution in [0.25, 0.3) is 0 Å². The van der Waals surface area contributed by atoms with Crippen molar-refractivity contribution in [2.75, 3.05) is 0 Å². The fraction of sp³-hybridized carbons (Fsp3) is 0.333. The van der Waals surface area contributed by atoms with Crippen LogP contribution in [-0.4, -0.2) is 16.1 Å². The second-order valence-corrected chi connectivity index (χ2v) is 3.08. The molecule has 0 aromatic carbocycles. The highest BCUT2D eigenvalue weighted by Gasteiger charge is 2.18. The van der Waals surface area contributed by atoms with Crippen LogP contribution >= 0.6 is 0 Å². The largest absolute Gasteiger partial charge is 0.481 e. The minimum Gasteiger partial charge on any atom is -0.481 e. The molecule has 1 heterocycles. The van der Waals surface area contributed by atoms with Gasteiger partial charge in [0.05, 0.1) is 12.1 Å². The summed E-state index contributed by atoms with van der Waals surface area (Å²) in [5.74, 6) is -1.31. The van der Waals surface area contributed by atoms with Crippen LogP contribution in [0.1, 0.15) is 23.4 Å². The van der Waals surface area contributed by atoms with E-state index >= 15 is 0 Å². The molecule has 2 N–H and O–H groups in total. The van der Waals surface area contributed by atoms with Crippen LogP contribution in [0.2, 0.25) is 0 Å². The van der Waals surface area contributed by atoms with Gasteiger partial charge in [0.15, 0.2) is 5.43 Å². The van der Waals surface area contributed by atoms with Gasteiger partial charge in [0, 0.05) is 17.3 Å². The van der Waals surface area contributed by atoms with Gasteiger partial charge in [-0.1, -0.05) is 0 Å². The van der Waals surface area contributed by atoms with Crippen molar-refractivity contribution >= 4 is 5.97 Å². The van der Waals surface area contributed by atoms with Gasteiger partial charge in [0.2, 0.25) is 0 Å². The van der Waals surface area contributed by atoms with Crippen LogP contribution in [0.3, 0.4) is 0 Å². The first kappa shape index (κ1) is 11.4. The van der Waals surface area contributed by atoms with Crippen LogP contribution in [0.4, 0.5) is 8.78 Å². The SMILES string of the molecule is Cc1cc(=O)c(CC(=O)O)c(C(F)F)[nH]1. The van der Waals surface area contributed by atoms with Gasteiger partial charge in [0.1, 0.15) is 0 Å². The smallest absolute Gasteiger partial charge is 0.308 e. The first-order valence-electron chi connectivity index (χ1n) is 4.14. The molecule has 0 atom stereocenters. The molecule has 0 spiro atoms. The number of carboxylic acids is 1. The third-order valence-corrected chi connectivity index (χ3v) is 1.85. The molecular formula is C9H9F2NO3. The Balaban J connectivity index is 3.33. The van der Waals surface area contributed by atoms with E-state index in [0.717, 1.165) is 6.07 Å². The zero-order chi connectivity index (χ0) is 11.6. The number of hydrogen-bond acceptors (Lipinski definition) is 2. The predicted molar refractivity (Wildman–Crippen MR) is 48.1 cm³/mol. The molecule has 0 saturated carbocycles. The Morgan fingerprint density at radius 1 is 1.60 bits per heavy atom. The number of carboxylic acid groups (broad SMARTS) is 1. The number of aliphatic carboxylic acids is 1. The highest BCUT2D eigenvalue weighted by Crippen LogP contribution is 2.19. The Kier molecular flexibility index (Phi) is 3.18. The first-order valence-corrected chi connectivity index (χ1v) is 4.14. The monoisotopic (exact) mass is 217 g/mol. The van der Waals surface area contributed by atoms with Gasteiger partial charge in [-0.3, -0.25) is 9.59 Å². The summed E-state index contributed by atoms with van der Waals surface area (Å²) in [6.07, 6.45) is -3.58. The van der Waals surface area contributed by atoms with Gasteiger partial charge >= 0.3 is 5.97 Å².